The van der Waals surface area contributed by atoms with Crippen molar-refractivity contribution in [2.45, 2.75) is 52.1 Å². The second kappa shape index (κ2) is 4.75. The topological polar surface area (TPSA) is 42.2 Å². The van der Waals surface area contributed by atoms with E-state index in [1.54, 1.807) is 0 Å². The first-order valence-electron chi connectivity index (χ1n) is 5.82. The van der Waals surface area contributed by atoms with Gasteiger partial charge in [0.15, 0.2) is 0 Å². The number of aryl methyl sites for hydroxylation is 1. The third kappa shape index (κ3) is 2.56. The Labute approximate surface area is 90.7 Å². The lowest BCUT2D eigenvalue weighted by Crippen LogP contribution is -2.38. The monoisotopic (exact) mass is 209 g/mol. The zero-order valence-corrected chi connectivity index (χ0v) is 9.57. The number of rotatable bonds is 3. The molecule has 84 valence electrons. The van der Waals surface area contributed by atoms with Crippen LogP contribution in [0.5, 0.6) is 0 Å². The summed E-state index contributed by atoms with van der Waals surface area (Å²) in [6, 6.07) is 0.700. The van der Waals surface area contributed by atoms with E-state index < -0.39 is 0 Å². The molecule has 0 N–H and O–H groups in total. The minimum absolute atomic E-state index is 0.662. The smallest absolute Gasteiger partial charge is 0.230 e. The quantitative estimate of drug-likeness (QED) is 0.765. The minimum Gasteiger partial charge on any atom is -0.424 e. The first-order valence-corrected chi connectivity index (χ1v) is 5.82. The van der Waals surface area contributed by atoms with Crippen LogP contribution in [0.25, 0.3) is 0 Å². The average Bonchev–Trinajstić information content (AvgIpc) is 2.65. The van der Waals surface area contributed by atoms with Crippen molar-refractivity contribution in [2.75, 3.05) is 6.54 Å². The summed E-state index contributed by atoms with van der Waals surface area (Å²) in [6.45, 7) is 6.07. The Hall–Kier alpha value is -0.900. The Balaban J connectivity index is 1.97. The molecule has 1 aromatic rings. The zero-order chi connectivity index (χ0) is 10.7. The van der Waals surface area contributed by atoms with E-state index in [0.29, 0.717) is 11.9 Å². The van der Waals surface area contributed by atoms with Crippen molar-refractivity contribution >= 4 is 0 Å². The highest BCUT2D eigenvalue weighted by Gasteiger charge is 2.22. The van der Waals surface area contributed by atoms with Crippen molar-refractivity contribution in [2.24, 2.45) is 0 Å². The maximum absolute atomic E-state index is 5.42. The normalized spacial score (nSPS) is 23.2. The van der Waals surface area contributed by atoms with E-state index in [-0.39, 0.29) is 0 Å². The Morgan fingerprint density at radius 3 is 2.93 bits per heavy atom. The molecule has 1 unspecified atom stereocenters. The summed E-state index contributed by atoms with van der Waals surface area (Å²) in [5, 5.41) is 7.91. The summed E-state index contributed by atoms with van der Waals surface area (Å²) in [4.78, 5) is 2.47. The van der Waals surface area contributed by atoms with Gasteiger partial charge in [-0.15, -0.1) is 10.2 Å². The molecule has 0 aliphatic carbocycles. The van der Waals surface area contributed by atoms with Gasteiger partial charge in [-0.05, 0) is 25.8 Å². The molecule has 2 heterocycles. The van der Waals surface area contributed by atoms with Crippen LogP contribution < -0.4 is 0 Å². The van der Waals surface area contributed by atoms with Crippen LogP contribution in [0, 0.1) is 6.92 Å². The maximum Gasteiger partial charge on any atom is 0.230 e. The Morgan fingerprint density at radius 1 is 1.40 bits per heavy atom. The van der Waals surface area contributed by atoms with Crippen molar-refractivity contribution in [3.63, 3.8) is 0 Å². The van der Waals surface area contributed by atoms with Crippen LogP contribution in [-0.4, -0.2) is 27.7 Å². The van der Waals surface area contributed by atoms with Crippen LogP contribution in [0.3, 0.4) is 0 Å². The van der Waals surface area contributed by atoms with E-state index in [9.17, 15) is 0 Å². The molecule has 0 spiro atoms. The van der Waals surface area contributed by atoms with Gasteiger partial charge < -0.3 is 4.42 Å². The van der Waals surface area contributed by atoms with Crippen molar-refractivity contribution in [1.29, 1.82) is 0 Å². The molecule has 4 heteroatoms. The van der Waals surface area contributed by atoms with Gasteiger partial charge in [-0.1, -0.05) is 13.3 Å². The number of hydrogen-bond donors (Lipinski definition) is 0. The van der Waals surface area contributed by atoms with Gasteiger partial charge in [-0.2, -0.15) is 0 Å². The number of likely N-dealkylation sites (tertiary alicyclic amines) is 1. The third-order valence-corrected chi connectivity index (χ3v) is 3.13. The lowest BCUT2D eigenvalue weighted by Gasteiger charge is -2.33. The fourth-order valence-electron chi connectivity index (χ4n) is 2.31. The molecule has 0 amide bonds. The largest absolute Gasteiger partial charge is 0.424 e. The molecule has 0 radical (unpaired) electrons. The van der Waals surface area contributed by atoms with Crippen LogP contribution in [0.1, 0.15) is 44.4 Å². The lowest BCUT2D eigenvalue weighted by atomic mass is 10.0. The highest BCUT2D eigenvalue weighted by atomic mass is 16.4. The van der Waals surface area contributed by atoms with Crippen LogP contribution in [-0.2, 0) is 6.54 Å². The molecule has 1 atom stereocenters. The summed E-state index contributed by atoms with van der Waals surface area (Å²) < 4.78 is 5.42. The van der Waals surface area contributed by atoms with E-state index in [4.69, 9.17) is 4.42 Å². The summed E-state index contributed by atoms with van der Waals surface area (Å²) in [6.07, 6.45) is 5.18. The minimum atomic E-state index is 0.662. The van der Waals surface area contributed by atoms with E-state index in [0.717, 1.165) is 12.4 Å². The number of aromatic nitrogens is 2. The van der Waals surface area contributed by atoms with Crippen LogP contribution >= 0.6 is 0 Å². The van der Waals surface area contributed by atoms with Gasteiger partial charge in [0.2, 0.25) is 11.8 Å². The van der Waals surface area contributed by atoms with E-state index in [2.05, 4.69) is 22.0 Å². The maximum atomic E-state index is 5.42. The molecular formula is C11H19N3O. The number of piperidine rings is 1. The van der Waals surface area contributed by atoms with Gasteiger partial charge in [0.05, 0.1) is 6.54 Å². The molecule has 15 heavy (non-hydrogen) atoms. The summed E-state index contributed by atoms with van der Waals surface area (Å²) >= 11 is 0. The van der Waals surface area contributed by atoms with E-state index >= 15 is 0 Å². The standard InChI is InChI=1S/C11H19N3O/c1-3-10-6-4-5-7-14(10)8-11-13-12-9(2)15-11/h10H,3-8H2,1-2H3. The first-order chi connectivity index (χ1) is 7.29. The molecule has 1 fully saturated rings. The van der Waals surface area contributed by atoms with Crippen LogP contribution in [0.15, 0.2) is 4.42 Å². The Kier molecular flexibility index (Phi) is 3.36. The third-order valence-electron chi connectivity index (χ3n) is 3.13. The molecule has 4 nitrogen and oxygen atoms in total. The second-order valence-electron chi connectivity index (χ2n) is 4.24. The van der Waals surface area contributed by atoms with Gasteiger partial charge in [-0.3, -0.25) is 4.90 Å². The SMILES string of the molecule is CCC1CCCCN1Cc1nnc(C)o1. The predicted octanol–water partition coefficient (Wildman–Crippen LogP) is 2.14. The van der Waals surface area contributed by atoms with Crippen molar-refractivity contribution in [3.05, 3.63) is 11.8 Å². The first kappa shape index (κ1) is 10.6. The molecule has 1 aromatic heterocycles. The van der Waals surface area contributed by atoms with Gasteiger partial charge in [-0.25, -0.2) is 0 Å². The molecule has 0 aromatic carbocycles. The number of nitrogens with zero attached hydrogens (tertiary/aromatic N) is 3. The fourth-order valence-corrected chi connectivity index (χ4v) is 2.31. The highest BCUT2D eigenvalue weighted by Crippen LogP contribution is 2.21. The van der Waals surface area contributed by atoms with Gasteiger partial charge in [0, 0.05) is 13.0 Å². The molecule has 2 rings (SSSR count). The summed E-state index contributed by atoms with van der Waals surface area (Å²) in [7, 11) is 0. The molecule has 0 bridgehead atoms. The summed E-state index contributed by atoms with van der Waals surface area (Å²) in [5.74, 6) is 1.42. The molecule has 1 aliphatic rings. The molecule has 1 aliphatic heterocycles. The second-order valence-corrected chi connectivity index (χ2v) is 4.24. The van der Waals surface area contributed by atoms with Crippen LogP contribution in [0.4, 0.5) is 0 Å². The van der Waals surface area contributed by atoms with Crippen molar-refractivity contribution < 1.29 is 4.42 Å². The van der Waals surface area contributed by atoms with Gasteiger partial charge >= 0.3 is 0 Å². The fraction of sp³-hybridized carbons (Fsp3) is 0.818. The van der Waals surface area contributed by atoms with E-state index in [1.165, 1.54) is 32.2 Å². The predicted molar refractivity (Wildman–Crippen MR) is 57.4 cm³/mol. The zero-order valence-electron chi connectivity index (χ0n) is 9.57. The Bertz CT molecular complexity index is 311. The van der Waals surface area contributed by atoms with Crippen LogP contribution in [0.2, 0.25) is 0 Å². The molecular weight excluding hydrogens is 190 g/mol. The van der Waals surface area contributed by atoms with Gasteiger partial charge in [0.1, 0.15) is 0 Å². The van der Waals surface area contributed by atoms with E-state index in [1.807, 2.05) is 6.92 Å². The van der Waals surface area contributed by atoms with Crippen molar-refractivity contribution in [3.8, 4) is 0 Å². The molecule has 1 saturated heterocycles. The summed E-state index contributed by atoms with van der Waals surface area (Å²) in [5.41, 5.74) is 0. The van der Waals surface area contributed by atoms with Crippen molar-refractivity contribution in [1.82, 2.24) is 15.1 Å². The Morgan fingerprint density at radius 2 is 2.27 bits per heavy atom. The lowest BCUT2D eigenvalue weighted by molar-refractivity contribution is 0.123. The number of hydrogen-bond acceptors (Lipinski definition) is 4. The average molecular weight is 209 g/mol. The molecule has 0 saturated carbocycles. The van der Waals surface area contributed by atoms with Gasteiger partial charge in [0.25, 0.3) is 0 Å². The highest BCUT2D eigenvalue weighted by molar-refractivity contribution is 4.83.